The van der Waals surface area contributed by atoms with Gasteiger partial charge in [0.25, 0.3) is 0 Å². The molecule has 1 N–H and O–H groups in total. The van der Waals surface area contributed by atoms with Crippen LogP contribution in [0.3, 0.4) is 0 Å². The minimum Gasteiger partial charge on any atom is -0.508 e. The third kappa shape index (κ3) is 3.24. The highest BCUT2D eigenvalue weighted by Gasteiger charge is 2.67. The van der Waals surface area contributed by atoms with E-state index in [1.54, 1.807) is 19.1 Å². The Morgan fingerprint density at radius 3 is 2.50 bits per heavy atom. The van der Waals surface area contributed by atoms with Crippen molar-refractivity contribution in [1.29, 1.82) is 0 Å². The van der Waals surface area contributed by atoms with Crippen molar-refractivity contribution in [2.45, 2.75) is 25.7 Å². The number of carbonyl (C=O) groups excluding carboxylic acids is 4. The molecular formula is C28H23BrClFN2O5. The van der Waals surface area contributed by atoms with Crippen LogP contribution in [0, 0.1) is 34.9 Å². The van der Waals surface area contributed by atoms with Crippen molar-refractivity contribution >= 4 is 56.8 Å². The molecule has 2 aromatic carbocycles. The second-order valence-electron chi connectivity index (χ2n) is 10.7. The van der Waals surface area contributed by atoms with E-state index in [-0.39, 0.29) is 34.7 Å². The number of phenolic OH excluding ortho intramolecular Hbond substituents is 1. The van der Waals surface area contributed by atoms with Gasteiger partial charge in [-0.3, -0.25) is 24.1 Å². The van der Waals surface area contributed by atoms with E-state index in [0.717, 1.165) is 21.4 Å². The molecule has 196 valence electrons. The van der Waals surface area contributed by atoms with Crippen molar-refractivity contribution in [2.75, 3.05) is 11.9 Å². The number of nitrogens with zero attached hydrogens (tertiary/aromatic N) is 2. The number of phenols is 1. The highest BCUT2D eigenvalue weighted by Crippen LogP contribution is 2.64. The van der Waals surface area contributed by atoms with Crippen LogP contribution in [0.2, 0.25) is 5.02 Å². The van der Waals surface area contributed by atoms with Crippen LogP contribution in [0.15, 0.2) is 52.5 Å². The average molecular weight is 602 g/mol. The predicted molar refractivity (Wildman–Crippen MR) is 140 cm³/mol. The maximum absolute atomic E-state index is 14.2. The van der Waals surface area contributed by atoms with E-state index in [4.69, 9.17) is 11.6 Å². The van der Waals surface area contributed by atoms with Gasteiger partial charge in [-0.1, -0.05) is 39.2 Å². The Labute approximate surface area is 231 Å². The van der Waals surface area contributed by atoms with Gasteiger partial charge in [0.15, 0.2) is 0 Å². The standard InChI is InChI=1S/C28H23BrClFN2O5/c1-28-18(25(36)33(27(28)38)13-4-7-20(31)19(30)10-13)11-16-14(23(28)17-9-12(29)3-8-21(17)34)5-6-15-22(16)26(37)32(2)24(15)35/h3-5,7-10,15-16,18,22-23,34H,6,11H2,1-2H3/t15-,16+,18-,22-,23+,28+/m0/s1. The van der Waals surface area contributed by atoms with Gasteiger partial charge in [-0.25, -0.2) is 9.29 Å². The van der Waals surface area contributed by atoms with E-state index in [9.17, 15) is 28.7 Å². The zero-order chi connectivity index (χ0) is 27.3. The Kier molecular flexibility index (Phi) is 5.63. The number of hydrogen-bond donors (Lipinski definition) is 1. The number of hydrogen-bond acceptors (Lipinski definition) is 5. The van der Waals surface area contributed by atoms with Crippen molar-refractivity contribution in [3.63, 3.8) is 0 Å². The van der Waals surface area contributed by atoms with Crippen LogP contribution in [0.1, 0.15) is 31.2 Å². The zero-order valence-electron chi connectivity index (χ0n) is 20.5. The van der Waals surface area contributed by atoms with E-state index in [1.165, 1.54) is 25.2 Å². The SMILES string of the molecule is CN1C(=O)[C@H]2[C@H](CC=C3[C@H]2C[C@H]2C(=O)N(c4ccc(F)c(Cl)c4)C(=O)[C@@]2(C)[C@H]3c2cc(Br)ccc2O)C1=O. The highest BCUT2D eigenvalue weighted by molar-refractivity contribution is 9.10. The molecule has 1 saturated carbocycles. The molecule has 4 aliphatic rings. The van der Waals surface area contributed by atoms with Gasteiger partial charge in [0.2, 0.25) is 23.6 Å². The fourth-order valence-corrected chi connectivity index (χ4v) is 7.70. The van der Waals surface area contributed by atoms with Crippen LogP contribution in [-0.4, -0.2) is 40.7 Å². The van der Waals surface area contributed by atoms with Crippen LogP contribution in [-0.2, 0) is 19.2 Å². The van der Waals surface area contributed by atoms with E-state index in [1.807, 2.05) is 6.08 Å². The lowest BCUT2D eigenvalue weighted by molar-refractivity contribution is -0.138. The highest BCUT2D eigenvalue weighted by atomic mass is 79.9. The fourth-order valence-electron chi connectivity index (χ4n) is 7.14. The van der Waals surface area contributed by atoms with Crippen LogP contribution in [0.4, 0.5) is 10.1 Å². The molecule has 0 bridgehead atoms. The molecular weight excluding hydrogens is 579 g/mol. The summed E-state index contributed by atoms with van der Waals surface area (Å²) >= 11 is 9.45. The summed E-state index contributed by atoms with van der Waals surface area (Å²) in [6.45, 7) is 1.71. The Bertz CT molecular complexity index is 1490. The van der Waals surface area contributed by atoms with Gasteiger partial charge in [0, 0.05) is 23.0 Å². The summed E-state index contributed by atoms with van der Waals surface area (Å²) in [7, 11) is 1.47. The number of anilines is 1. The summed E-state index contributed by atoms with van der Waals surface area (Å²) in [5.74, 6) is -5.47. The summed E-state index contributed by atoms with van der Waals surface area (Å²) in [5, 5.41) is 10.8. The topological polar surface area (TPSA) is 95.0 Å². The molecule has 4 amide bonds. The van der Waals surface area contributed by atoms with Crippen LogP contribution >= 0.6 is 27.5 Å². The quantitative estimate of drug-likeness (QED) is 0.394. The van der Waals surface area contributed by atoms with E-state index >= 15 is 0 Å². The Balaban J connectivity index is 1.56. The average Bonchev–Trinajstić information content (AvgIpc) is 3.22. The largest absolute Gasteiger partial charge is 0.508 e. The second kappa shape index (κ2) is 8.48. The zero-order valence-corrected chi connectivity index (χ0v) is 22.8. The molecule has 6 rings (SSSR count). The molecule has 2 aliphatic heterocycles. The number of imide groups is 2. The minimum absolute atomic E-state index is 0.0451. The summed E-state index contributed by atoms with van der Waals surface area (Å²) in [4.78, 5) is 56.5. The van der Waals surface area contributed by atoms with Crippen molar-refractivity contribution < 1.29 is 28.7 Å². The van der Waals surface area contributed by atoms with E-state index in [0.29, 0.717) is 16.5 Å². The molecule has 2 heterocycles. The lowest BCUT2D eigenvalue weighted by Gasteiger charge is -2.49. The number of likely N-dealkylation sites (tertiary alicyclic amines) is 1. The molecule has 3 fully saturated rings. The van der Waals surface area contributed by atoms with Gasteiger partial charge in [-0.05, 0) is 62.1 Å². The monoisotopic (exact) mass is 600 g/mol. The molecule has 0 aromatic heterocycles. The van der Waals surface area contributed by atoms with Gasteiger partial charge in [0.1, 0.15) is 11.6 Å². The van der Waals surface area contributed by atoms with Gasteiger partial charge >= 0.3 is 0 Å². The molecule has 2 saturated heterocycles. The number of allylic oxidation sites excluding steroid dienone is 2. The van der Waals surface area contributed by atoms with Gasteiger partial charge < -0.3 is 5.11 Å². The van der Waals surface area contributed by atoms with Crippen LogP contribution < -0.4 is 4.90 Å². The van der Waals surface area contributed by atoms with Crippen molar-refractivity contribution in [2.24, 2.45) is 29.1 Å². The van der Waals surface area contributed by atoms with Crippen LogP contribution in [0.25, 0.3) is 0 Å². The molecule has 7 nitrogen and oxygen atoms in total. The number of benzene rings is 2. The molecule has 6 atom stereocenters. The first-order valence-corrected chi connectivity index (χ1v) is 13.5. The van der Waals surface area contributed by atoms with Crippen LogP contribution in [0.5, 0.6) is 5.75 Å². The predicted octanol–water partition coefficient (Wildman–Crippen LogP) is 4.81. The number of rotatable bonds is 2. The first kappa shape index (κ1) is 25.2. The van der Waals surface area contributed by atoms with Crippen molar-refractivity contribution in [1.82, 2.24) is 4.90 Å². The molecule has 0 radical (unpaired) electrons. The lowest BCUT2D eigenvalue weighted by atomic mass is 9.51. The Morgan fingerprint density at radius 1 is 1.05 bits per heavy atom. The molecule has 38 heavy (non-hydrogen) atoms. The molecule has 0 spiro atoms. The third-order valence-corrected chi connectivity index (χ3v) is 9.74. The fraction of sp³-hybridized carbons (Fsp3) is 0.357. The number of halogens is 3. The first-order chi connectivity index (χ1) is 18.0. The number of aromatic hydroxyl groups is 1. The summed E-state index contributed by atoms with van der Waals surface area (Å²) in [6, 6.07) is 8.60. The normalized spacial score (nSPS) is 32.3. The Morgan fingerprint density at radius 2 is 1.79 bits per heavy atom. The summed E-state index contributed by atoms with van der Waals surface area (Å²) in [6.07, 6.45) is 2.44. The van der Waals surface area contributed by atoms with Gasteiger partial charge in [0.05, 0.1) is 33.9 Å². The van der Waals surface area contributed by atoms with Gasteiger partial charge in [-0.2, -0.15) is 0 Å². The second-order valence-corrected chi connectivity index (χ2v) is 12.0. The van der Waals surface area contributed by atoms with Crippen molar-refractivity contribution in [3.8, 4) is 5.75 Å². The molecule has 2 aliphatic carbocycles. The smallest absolute Gasteiger partial charge is 0.241 e. The minimum atomic E-state index is -1.32. The molecule has 10 heteroatoms. The number of carbonyl (C=O) groups is 4. The van der Waals surface area contributed by atoms with Crippen molar-refractivity contribution in [3.05, 3.63) is 68.9 Å². The number of fused-ring (bicyclic) bond motifs is 4. The summed E-state index contributed by atoms with van der Waals surface area (Å²) < 4.78 is 14.6. The third-order valence-electron chi connectivity index (χ3n) is 8.96. The number of amides is 4. The lowest BCUT2D eigenvalue weighted by Crippen LogP contribution is -2.48. The Hall–Kier alpha value is -3.04. The first-order valence-electron chi connectivity index (χ1n) is 12.3. The maximum atomic E-state index is 14.2. The van der Waals surface area contributed by atoms with E-state index in [2.05, 4.69) is 15.9 Å². The van der Waals surface area contributed by atoms with E-state index < -0.39 is 52.6 Å². The van der Waals surface area contributed by atoms with Gasteiger partial charge in [-0.15, -0.1) is 0 Å². The maximum Gasteiger partial charge on any atom is 0.241 e. The molecule has 0 unspecified atom stereocenters. The molecule has 2 aromatic rings. The summed E-state index contributed by atoms with van der Waals surface area (Å²) in [5.41, 5.74) is 0.0608.